The minimum atomic E-state index is -3.00. The van der Waals surface area contributed by atoms with Crippen LogP contribution in [-0.2, 0) is 14.6 Å². The molecule has 0 spiro atoms. The molecule has 2 aromatic heterocycles. The molecule has 3 aromatic rings. The smallest absolute Gasteiger partial charge is 0.225 e. The predicted octanol–water partition coefficient (Wildman–Crippen LogP) is 3.71. The van der Waals surface area contributed by atoms with E-state index in [-0.39, 0.29) is 17.2 Å². The third-order valence-corrected chi connectivity index (χ3v) is 12.0. The van der Waals surface area contributed by atoms with Gasteiger partial charge in [-0.25, -0.2) is 13.4 Å². The molecule has 1 atom stereocenters. The van der Waals surface area contributed by atoms with E-state index in [1.807, 2.05) is 12.3 Å². The number of nitrogens with one attached hydrogen (secondary N) is 1. The van der Waals surface area contributed by atoms with Gasteiger partial charge >= 0.3 is 0 Å². The summed E-state index contributed by atoms with van der Waals surface area (Å²) in [6.45, 7) is 5.48. The van der Waals surface area contributed by atoms with Gasteiger partial charge in [-0.2, -0.15) is 4.98 Å². The van der Waals surface area contributed by atoms with Gasteiger partial charge in [0.15, 0.2) is 0 Å². The largest absolute Gasteiger partial charge is 0.371 e. The number of sulfone groups is 1. The number of anilines is 2. The van der Waals surface area contributed by atoms with E-state index < -0.39 is 9.84 Å². The van der Waals surface area contributed by atoms with Crippen molar-refractivity contribution in [3.05, 3.63) is 42.7 Å². The molecule has 0 bridgehead atoms. The first-order chi connectivity index (χ1) is 20.8. The van der Waals surface area contributed by atoms with E-state index >= 15 is 0 Å². The van der Waals surface area contributed by atoms with E-state index in [2.05, 4.69) is 53.8 Å². The lowest BCUT2D eigenvalue weighted by atomic mass is 9.85. The summed E-state index contributed by atoms with van der Waals surface area (Å²) in [4.78, 5) is 29.7. The van der Waals surface area contributed by atoms with Crippen LogP contribution in [-0.4, -0.2) is 102 Å². The second-order valence-corrected chi connectivity index (χ2v) is 15.3. The lowest BCUT2D eigenvalue weighted by Crippen LogP contribution is -2.53. The molecule has 3 aliphatic heterocycles. The molecule has 11 heteroatoms. The van der Waals surface area contributed by atoms with Crippen LogP contribution in [0.3, 0.4) is 0 Å². The summed E-state index contributed by atoms with van der Waals surface area (Å²) in [7, 11) is -3.00. The van der Waals surface area contributed by atoms with E-state index in [1.54, 1.807) is 6.20 Å². The van der Waals surface area contributed by atoms with Crippen LogP contribution < -0.4 is 10.2 Å². The first-order valence-electron chi connectivity index (χ1n) is 16.0. The molecular formula is C32H43N7O3S. The maximum Gasteiger partial charge on any atom is 0.225 e. The van der Waals surface area contributed by atoms with Gasteiger partial charge < -0.3 is 19.7 Å². The lowest BCUT2D eigenvalue weighted by Gasteiger charge is -2.40. The molecule has 7 rings (SSSR count). The molecule has 1 N–H and O–H groups in total. The maximum absolute atomic E-state index is 13.3. The monoisotopic (exact) mass is 605 g/mol. The van der Waals surface area contributed by atoms with Crippen LogP contribution in [0.5, 0.6) is 0 Å². The minimum absolute atomic E-state index is 0.135. The number of amides is 1. The molecule has 10 nitrogen and oxygen atoms in total. The quantitative estimate of drug-likeness (QED) is 0.454. The Balaban J connectivity index is 0.987. The van der Waals surface area contributed by atoms with Gasteiger partial charge in [0.2, 0.25) is 11.9 Å². The Kier molecular flexibility index (Phi) is 7.79. The fraction of sp³-hybridized carbons (Fsp3) is 0.594. The highest BCUT2D eigenvalue weighted by Gasteiger charge is 2.36. The molecule has 1 aliphatic carbocycles. The highest BCUT2D eigenvalue weighted by molar-refractivity contribution is 7.91. The number of aromatic nitrogens is 3. The highest BCUT2D eigenvalue weighted by Crippen LogP contribution is 2.33. The molecular weight excluding hydrogens is 562 g/mol. The Morgan fingerprint density at radius 2 is 1.74 bits per heavy atom. The molecule has 4 aliphatic rings. The van der Waals surface area contributed by atoms with Crippen molar-refractivity contribution in [1.82, 2.24) is 24.3 Å². The summed E-state index contributed by atoms with van der Waals surface area (Å²) in [5.41, 5.74) is 2.19. The third kappa shape index (κ3) is 5.85. The van der Waals surface area contributed by atoms with Gasteiger partial charge in [0.25, 0.3) is 0 Å². The average molecular weight is 606 g/mol. The van der Waals surface area contributed by atoms with Crippen LogP contribution in [0.1, 0.15) is 51.4 Å². The number of rotatable bonds is 6. The van der Waals surface area contributed by atoms with E-state index in [1.165, 1.54) is 25.6 Å². The topological polar surface area (TPSA) is 104 Å². The normalized spacial score (nSPS) is 25.7. The second kappa shape index (κ2) is 11.7. The lowest BCUT2D eigenvalue weighted by molar-refractivity contribution is -0.139. The SMILES string of the molecule is CS(=O)(=O)C1CCN(c2cccc3c2ccn3-c2ccnc(NC3CCC(C(=O)N4CCN5CCCC5C4)CC3)n2)CC1. The van der Waals surface area contributed by atoms with Gasteiger partial charge in [-0.1, -0.05) is 6.07 Å². The first kappa shape index (κ1) is 28.6. The molecule has 1 amide bonds. The first-order valence-corrected chi connectivity index (χ1v) is 18.0. The van der Waals surface area contributed by atoms with E-state index in [9.17, 15) is 13.2 Å². The number of carbonyl (C=O) groups is 1. The standard InChI is InChI=1S/C32H43N7O3S/c1-43(41,42)26-12-17-37(18-13-26)28-5-2-6-29-27(28)14-19-39(29)30-11-15-33-32(35-30)34-24-9-7-23(8-10-24)31(40)38-21-20-36-16-3-4-25(36)22-38/h2,5-6,11,14-15,19,23-26H,3-4,7-10,12-13,16-18,20-22H2,1H3,(H,33,34,35). The zero-order chi connectivity index (χ0) is 29.6. The van der Waals surface area contributed by atoms with Gasteiger partial charge in [-0.3, -0.25) is 9.69 Å². The maximum atomic E-state index is 13.3. The second-order valence-electron chi connectivity index (χ2n) is 13.0. The van der Waals surface area contributed by atoms with Gasteiger partial charge in [0, 0.05) is 80.4 Å². The van der Waals surface area contributed by atoms with Crippen molar-refractivity contribution in [2.24, 2.45) is 5.92 Å². The Morgan fingerprint density at radius 1 is 0.930 bits per heavy atom. The van der Waals surface area contributed by atoms with Crippen LogP contribution in [0.15, 0.2) is 42.7 Å². The number of fused-ring (bicyclic) bond motifs is 2. The van der Waals surface area contributed by atoms with Crippen molar-refractivity contribution in [1.29, 1.82) is 0 Å². The van der Waals surface area contributed by atoms with Crippen molar-refractivity contribution in [3.63, 3.8) is 0 Å². The summed E-state index contributed by atoms with van der Waals surface area (Å²) < 4.78 is 26.2. The van der Waals surface area contributed by atoms with Crippen LogP contribution in [0.4, 0.5) is 11.6 Å². The molecule has 3 saturated heterocycles. The van der Waals surface area contributed by atoms with Crippen LogP contribution in [0.2, 0.25) is 0 Å². The zero-order valence-corrected chi connectivity index (χ0v) is 25.9. The van der Waals surface area contributed by atoms with E-state index in [0.29, 0.717) is 30.7 Å². The van der Waals surface area contributed by atoms with Crippen molar-refractivity contribution in [2.75, 3.05) is 55.7 Å². The molecule has 1 saturated carbocycles. The van der Waals surface area contributed by atoms with Crippen molar-refractivity contribution in [2.45, 2.75) is 68.7 Å². The van der Waals surface area contributed by atoms with Crippen molar-refractivity contribution >= 4 is 38.3 Å². The van der Waals surface area contributed by atoms with Crippen molar-refractivity contribution in [3.8, 4) is 5.82 Å². The highest BCUT2D eigenvalue weighted by atomic mass is 32.2. The molecule has 0 radical (unpaired) electrons. The molecule has 230 valence electrons. The molecule has 1 aromatic carbocycles. The van der Waals surface area contributed by atoms with Crippen LogP contribution in [0, 0.1) is 5.92 Å². The number of hydrogen-bond donors (Lipinski definition) is 1. The molecule has 43 heavy (non-hydrogen) atoms. The number of hydrogen-bond acceptors (Lipinski definition) is 8. The van der Waals surface area contributed by atoms with E-state index in [4.69, 9.17) is 4.98 Å². The molecule has 4 fully saturated rings. The third-order valence-electron chi connectivity index (χ3n) is 10.3. The summed E-state index contributed by atoms with van der Waals surface area (Å²) in [6.07, 6.45) is 12.7. The fourth-order valence-electron chi connectivity index (χ4n) is 7.82. The number of nitrogens with zero attached hydrogens (tertiary/aromatic N) is 6. The summed E-state index contributed by atoms with van der Waals surface area (Å²) >= 11 is 0. The number of piperidine rings is 1. The number of benzene rings is 1. The van der Waals surface area contributed by atoms with Crippen LogP contribution in [0.25, 0.3) is 16.7 Å². The average Bonchev–Trinajstić information content (AvgIpc) is 3.68. The van der Waals surface area contributed by atoms with Gasteiger partial charge in [-0.05, 0) is 82.2 Å². The van der Waals surface area contributed by atoms with Gasteiger partial charge in [0.05, 0.1) is 10.8 Å². The zero-order valence-electron chi connectivity index (χ0n) is 25.1. The summed E-state index contributed by atoms with van der Waals surface area (Å²) in [5, 5.41) is 4.44. The number of carbonyl (C=O) groups excluding carboxylic acids is 1. The Hall–Kier alpha value is -3.18. The number of piperazine rings is 1. The summed E-state index contributed by atoms with van der Waals surface area (Å²) in [6, 6.07) is 11.2. The fourth-order valence-corrected chi connectivity index (χ4v) is 8.89. The Morgan fingerprint density at radius 3 is 2.53 bits per heavy atom. The predicted molar refractivity (Wildman–Crippen MR) is 169 cm³/mol. The van der Waals surface area contributed by atoms with Crippen molar-refractivity contribution < 1.29 is 13.2 Å². The Bertz CT molecular complexity index is 1570. The summed E-state index contributed by atoms with van der Waals surface area (Å²) in [5.74, 6) is 1.92. The van der Waals surface area contributed by atoms with Crippen LogP contribution >= 0.6 is 0 Å². The molecule has 1 unspecified atom stereocenters. The minimum Gasteiger partial charge on any atom is -0.371 e. The van der Waals surface area contributed by atoms with E-state index in [0.717, 1.165) is 80.8 Å². The Labute approximate surface area is 254 Å². The van der Waals surface area contributed by atoms with Gasteiger partial charge in [0.1, 0.15) is 15.7 Å². The van der Waals surface area contributed by atoms with Gasteiger partial charge in [-0.15, -0.1) is 0 Å². The molecule has 5 heterocycles.